The molecule has 0 aliphatic carbocycles. The molecule has 3 aromatic rings. The lowest BCUT2D eigenvalue weighted by atomic mass is 10.3. The molecule has 3 rings (SSSR count). The molecule has 0 unspecified atom stereocenters. The number of hydrazine groups is 1. The molecule has 150 valence electrons. The summed E-state index contributed by atoms with van der Waals surface area (Å²) in [5.74, 6) is -0.671. The molecule has 0 saturated carbocycles. The van der Waals surface area contributed by atoms with Crippen molar-refractivity contribution in [2.24, 2.45) is 0 Å². The number of benzene rings is 1. The van der Waals surface area contributed by atoms with Crippen LogP contribution in [-0.4, -0.2) is 32.4 Å². The summed E-state index contributed by atoms with van der Waals surface area (Å²) in [4.78, 5) is 34.4. The van der Waals surface area contributed by atoms with E-state index in [1.807, 2.05) is 0 Å². The lowest BCUT2D eigenvalue weighted by molar-refractivity contribution is -0.383. The van der Waals surface area contributed by atoms with E-state index in [1.54, 1.807) is 11.4 Å². The molecule has 2 heterocycles. The summed E-state index contributed by atoms with van der Waals surface area (Å²) in [5.41, 5.74) is 4.19. The summed E-state index contributed by atoms with van der Waals surface area (Å²) < 4.78 is 5.29. The van der Waals surface area contributed by atoms with E-state index in [0.717, 1.165) is 6.33 Å². The molecule has 0 atom stereocenters. The van der Waals surface area contributed by atoms with E-state index in [2.05, 4.69) is 31.1 Å². The minimum atomic E-state index is -0.686. The second-order valence-corrected chi connectivity index (χ2v) is 6.91. The van der Waals surface area contributed by atoms with Crippen LogP contribution in [0, 0.1) is 10.1 Å². The molecule has 3 N–H and O–H groups in total. The number of aromatic nitrogens is 3. The molecule has 29 heavy (non-hydrogen) atoms. The Morgan fingerprint density at radius 1 is 1.24 bits per heavy atom. The summed E-state index contributed by atoms with van der Waals surface area (Å²) in [6.07, 6.45) is 2.63. The predicted octanol–water partition coefficient (Wildman–Crippen LogP) is 3.41. The van der Waals surface area contributed by atoms with Crippen LogP contribution >= 0.6 is 34.5 Å². The molecular formula is C15H11Cl2N7O4S. The number of carbonyl (C=O) groups is 1. The van der Waals surface area contributed by atoms with E-state index >= 15 is 0 Å². The van der Waals surface area contributed by atoms with Gasteiger partial charge in [0, 0.05) is 16.6 Å². The second kappa shape index (κ2) is 9.32. The maximum absolute atomic E-state index is 12.0. The van der Waals surface area contributed by atoms with Crippen molar-refractivity contribution in [3.05, 3.63) is 56.3 Å². The van der Waals surface area contributed by atoms with Gasteiger partial charge in [-0.05, 0) is 18.2 Å². The quantitative estimate of drug-likeness (QED) is 0.343. The molecule has 0 saturated heterocycles. The monoisotopic (exact) mass is 455 g/mol. The molecule has 0 bridgehead atoms. The normalized spacial score (nSPS) is 10.3. The maximum atomic E-state index is 12.0. The molecule has 0 aliphatic heterocycles. The van der Waals surface area contributed by atoms with E-state index in [0.29, 0.717) is 10.2 Å². The average molecular weight is 456 g/mol. The lowest BCUT2D eigenvalue weighted by Gasteiger charge is -2.11. The van der Waals surface area contributed by atoms with Gasteiger partial charge in [-0.2, -0.15) is 0 Å². The Labute approximate surface area is 177 Å². The van der Waals surface area contributed by atoms with Crippen LogP contribution in [0.1, 0.15) is 0 Å². The largest absolute Gasteiger partial charge is 0.482 e. The van der Waals surface area contributed by atoms with Crippen molar-refractivity contribution in [1.82, 2.24) is 20.4 Å². The smallest absolute Gasteiger partial charge is 0.355 e. The number of carbonyl (C=O) groups excluding carboxylic acids is 1. The number of amides is 1. The Hall–Kier alpha value is -3.22. The van der Waals surface area contributed by atoms with Gasteiger partial charge in [0.15, 0.2) is 11.7 Å². The van der Waals surface area contributed by atoms with Crippen LogP contribution in [0.3, 0.4) is 0 Å². The van der Waals surface area contributed by atoms with Crippen LogP contribution < -0.4 is 20.9 Å². The molecule has 0 aliphatic rings. The Morgan fingerprint density at radius 3 is 2.72 bits per heavy atom. The van der Waals surface area contributed by atoms with Gasteiger partial charge in [-0.25, -0.2) is 15.0 Å². The Morgan fingerprint density at radius 2 is 2.03 bits per heavy atom. The summed E-state index contributed by atoms with van der Waals surface area (Å²) in [7, 11) is 0. The molecule has 0 fully saturated rings. The summed E-state index contributed by atoms with van der Waals surface area (Å²) >= 11 is 13.0. The summed E-state index contributed by atoms with van der Waals surface area (Å²) in [6.45, 7) is -0.405. The number of anilines is 3. The number of nitrogens with zero attached hydrogens (tertiary/aromatic N) is 4. The fourth-order valence-electron chi connectivity index (χ4n) is 2.02. The minimum absolute atomic E-state index is 0.0825. The van der Waals surface area contributed by atoms with Crippen LogP contribution in [0.2, 0.25) is 10.0 Å². The Bertz CT molecular complexity index is 1040. The van der Waals surface area contributed by atoms with Gasteiger partial charge in [-0.3, -0.25) is 25.8 Å². The van der Waals surface area contributed by atoms with Crippen LogP contribution in [0.5, 0.6) is 5.75 Å². The van der Waals surface area contributed by atoms with Gasteiger partial charge in [-0.1, -0.05) is 23.2 Å². The van der Waals surface area contributed by atoms with Crippen molar-refractivity contribution in [3.8, 4) is 5.75 Å². The van der Waals surface area contributed by atoms with Crippen molar-refractivity contribution >= 4 is 62.9 Å². The van der Waals surface area contributed by atoms with E-state index < -0.39 is 23.1 Å². The highest BCUT2D eigenvalue weighted by atomic mass is 35.5. The summed E-state index contributed by atoms with van der Waals surface area (Å²) in [5, 5.41) is 17.0. The minimum Gasteiger partial charge on any atom is -0.482 e. The van der Waals surface area contributed by atoms with E-state index in [4.69, 9.17) is 27.9 Å². The molecule has 14 heteroatoms. The molecule has 1 amide bonds. The third-order valence-electron chi connectivity index (χ3n) is 3.24. The lowest BCUT2D eigenvalue weighted by Crippen LogP contribution is -2.34. The van der Waals surface area contributed by atoms with Gasteiger partial charge in [0.05, 0.1) is 9.95 Å². The zero-order valence-corrected chi connectivity index (χ0v) is 16.6. The van der Waals surface area contributed by atoms with Gasteiger partial charge in [-0.15, -0.1) is 11.3 Å². The van der Waals surface area contributed by atoms with Gasteiger partial charge >= 0.3 is 5.69 Å². The van der Waals surface area contributed by atoms with Crippen molar-refractivity contribution in [1.29, 1.82) is 0 Å². The fraction of sp³-hybridized carbons (Fsp3) is 0.0667. The van der Waals surface area contributed by atoms with Crippen LogP contribution in [0.25, 0.3) is 0 Å². The number of thiazole rings is 1. The first-order valence-corrected chi connectivity index (χ1v) is 9.36. The predicted molar refractivity (Wildman–Crippen MR) is 108 cm³/mol. The summed E-state index contributed by atoms with van der Waals surface area (Å²) in [6, 6.07) is 4.53. The first-order chi connectivity index (χ1) is 13.9. The standard InChI is InChI=1S/C15H11Cl2N7O4S/c16-8-1-2-10(9(17)5-8)28-6-11(25)22-23-14-12(24(26)27)13(19-7-20-14)21-15-18-3-4-29-15/h1-5,7H,6H2,(H,22,25)(H2,18,19,20,21,23). The van der Waals surface area contributed by atoms with E-state index in [1.165, 1.54) is 29.7 Å². The highest BCUT2D eigenvalue weighted by Gasteiger charge is 2.24. The van der Waals surface area contributed by atoms with Crippen molar-refractivity contribution in [2.75, 3.05) is 17.3 Å². The SMILES string of the molecule is O=C(COc1ccc(Cl)cc1Cl)NNc1ncnc(Nc2nccs2)c1[N+](=O)[O-]. The average Bonchev–Trinajstić information content (AvgIpc) is 3.18. The number of ether oxygens (including phenoxy) is 1. The number of nitro groups is 1. The van der Waals surface area contributed by atoms with E-state index in [9.17, 15) is 14.9 Å². The molecule has 2 aromatic heterocycles. The van der Waals surface area contributed by atoms with Gasteiger partial charge in [0.1, 0.15) is 12.1 Å². The molecule has 11 nitrogen and oxygen atoms in total. The molecule has 1 aromatic carbocycles. The van der Waals surface area contributed by atoms with Crippen LogP contribution in [0.4, 0.5) is 22.5 Å². The zero-order chi connectivity index (χ0) is 20.8. The number of halogens is 2. The molecular weight excluding hydrogens is 445 g/mol. The third kappa shape index (κ3) is 5.40. The van der Waals surface area contributed by atoms with Crippen molar-refractivity contribution < 1.29 is 14.5 Å². The Balaban J connectivity index is 1.64. The van der Waals surface area contributed by atoms with Gasteiger partial charge in [0.25, 0.3) is 5.91 Å². The van der Waals surface area contributed by atoms with E-state index in [-0.39, 0.29) is 22.4 Å². The van der Waals surface area contributed by atoms with Gasteiger partial charge < -0.3 is 10.1 Å². The zero-order valence-electron chi connectivity index (χ0n) is 14.3. The maximum Gasteiger partial charge on any atom is 0.355 e. The fourth-order valence-corrected chi connectivity index (χ4v) is 3.01. The first-order valence-electron chi connectivity index (χ1n) is 7.72. The van der Waals surface area contributed by atoms with Crippen LogP contribution in [-0.2, 0) is 4.79 Å². The second-order valence-electron chi connectivity index (χ2n) is 5.18. The Kier molecular flexibility index (Phi) is 6.59. The molecule has 0 spiro atoms. The topological polar surface area (TPSA) is 144 Å². The number of hydrogen-bond acceptors (Lipinski definition) is 10. The number of hydrogen-bond donors (Lipinski definition) is 3. The van der Waals surface area contributed by atoms with Crippen molar-refractivity contribution in [2.45, 2.75) is 0 Å². The first kappa shape index (κ1) is 20.5. The number of nitrogens with one attached hydrogen (secondary N) is 3. The third-order valence-corrected chi connectivity index (χ3v) is 4.45. The van der Waals surface area contributed by atoms with Crippen molar-refractivity contribution in [3.63, 3.8) is 0 Å². The molecule has 0 radical (unpaired) electrons. The highest BCUT2D eigenvalue weighted by molar-refractivity contribution is 7.13. The number of rotatable bonds is 8. The van der Waals surface area contributed by atoms with Gasteiger partial charge in [0.2, 0.25) is 11.6 Å². The highest BCUT2D eigenvalue weighted by Crippen LogP contribution is 2.31. The van der Waals surface area contributed by atoms with Crippen LogP contribution in [0.15, 0.2) is 36.1 Å².